The second kappa shape index (κ2) is 8.20. The predicted octanol–water partition coefficient (Wildman–Crippen LogP) is 3.47. The Morgan fingerprint density at radius 3 is 2.58 bits per heavy atom. The number of aromatic nitrogens is 2. The average Bonchev–Trinajstić information content (AvgIpc) is 2.66. The van der Waals surface area contributed by atoms with Crippen molar-refractivity contribution in [2.45, 2.75) is 20.0 Å². The van der Waals surface area contributed by atoms with Crippen molar-refractivity contribution in [3.8, 4) is 0 Å². The summed E-state index contributed by atoms with van der Waals surface area (Å²) in [4.78, 5) is 12.1. The second-order valence-corrected chi connectivity index (χ2v) is 5.92. The van der Waals surface area contributed by atoms with Crippen LogP contribution < -0.4 is 10.6 Å². The summed E-state index contributed by atoms with van der Waals surface area (Å²) < 4.78 is 13.6. The second-order valence-electron chi connectivity index (χ2n) is 5.92. The first-order chi connectivity index (χ1) is 12.6. The Balaban J connectivity index is 1.55. The van der Waals surface area contributed by atoms with Crippen LogP contribution in [0, 0.1) is 12.7 Å². The van der Waals surface area contributed by atoms with E-state index in [1.165, 1.54) is 11.6 Å². The zero-order valence-electron chi connectivity index (χ0n) is 14.4. The summed E-state index contributed by atoms with van der Waals surface area (Å²) in [5, 5.41) is 13.7. The Hall–Kier alpha value is -3.28. The molecule has 132 valence electrons. The molecule has 2 aromatic carbocycles. The van der Waals surface area contributed by atoms with E-state index in [1.54, 1.807) is 30.3 Å². The number of hydrogen-bond acceptors (Lipinski definition) is 4. The van der Waals surface area contributed by atoms with Crippen molar-refractivity contribution in [3.05, 3.63) is 88.9 Å². The van der Waals surface area contributed by atoms with Crippen molar-refractivity contribution in [2.75, 3.05) is 5.32 Å². The van der Waals surface area contributed by atoms with Gasteiger partial charge in [-0.3, -0.25) is 4.79 Å². The van der Waals surface area contributed by atoms with Crippen LogP contribution in [-0.4, -0.2) is 16.1 Å². The fourth-order valence-electron chi connectivity index (χ4n) is 2.47. The van der Waals surface area contributed by atoms with Crippen LogP contribution in [0.25, 0.3) is 0 Å². The molecule has 5 nitrogen and oxygen atoms in total. The van der Waals surface area contributed by atoms with Gasteiger partial charge in [0.2, 0.25) is 0 Å². The van der Waals surface area contributed by atoms with Gasteiger partial charge in [0.25, 0.3) is 5.91 Å². The zero-order valence-corrected chi connectivity index (χ0v) is 14.4. The number of benzene rings is 2. The van der Waals surface area contributed by atoms with E-state index >= 15 is 0 Å². The molecule has 0 unspecified atom stereocenters. The summed E-state index contributed by atoms with van der Waals surface area (Å²) in [5.41, 5.74) is 2.93. The number of amides is 1. The molecule has 6 heteroatoms. The third-order valence-corrected chi connectivity index (χ3v) is 3.85. The molecule has 0 aliphatic carbocycles. The van der Waals surface area contributed by atoms with Gasteiger partial charge in [-0.15, -0.1) is 10.2 Å². The van der Waals surface area contributed by atoms with E-state index in [0.29, 0.717) is 17.9 Å². The lowest BCUT2D eigenvalue weighted by Gasteiger charge is -2.07. The smallest absolute Gasteiger partial charge is 0.272 e. The Morgan fingerprint density at radius 2 is 1.85 bits per heavy atom. The summed E-state index contributed by atoms with van der Waals surface area (Å²) >= 11 is 0. The Labute approximate surface area is 151 Å². The SMILES string of the molecule is Cc1cccc(CNc2ccc(C(=O)NCc3ccccc3F)nn2)c1. The first-order valence-corrected chi connectivity index (χ1v) is 8.26. The summed E-state index contributed by atoms with van der Waals surface area (Å²) in [6.07, 6.45) is 0. The average molecular weight is 350 g/mol. The van der Waals surface area contributed by atoms with Crippen molar-refractivity contribution in [1.29, 1.82) is 0 Å². The molecule has 1 aromatic heterocycles. The molecular formula is C20H19FN4O. The van der Waals surface area contributed by atoms with Crippen molar-refractivity contribution in [2.24, 2.45) is 0 Å². The normalized spacial score (nSPS) is 10.4. The first-order valence-electron chi connectivity index (χ1n) is 8.26. The minimum absolute atomic E-state index is 0.0978. The van der Waals surface area contributed by atoms with Gasteiger partial charge in [0.1, 0.15) is 11.6 Å². The van der Waals surface area contributed by atoms with Gasteiger partial charge in [-0.1, -0.05) is 48.0 Å². The molecule has 3 aromatic rings. The topological polar surface area (TPSA) is 66.9 Å². The number of halogens is 1. The molecule has 0 bridgehead atoms. The van der Waals surface area contributed by atoms with Crippen molar-refractivity contribution >= 4 is 11.7 Å². The maximum absolute atomic E-state index is 13.6. The first kappa shape index (κ1) is 17.5. The standard InChI is InChI=1S/C20H19FN4O/c1-14-5-4-6-15(11-14)12-22-19-10-9-18(24-25-19)20(26)23-13-16-7-2-3-8-17(16)21/h2-11H,12-13H2,1H3,(H,22,25)(H,23,26). The van der Waals surface area contributed by atoms with Crippen LogP contribution in [0.1, 0.15) is 27.2 Å². The van der Waals surface area contributed by atoms with Gasteiger partial charge in [0.15, 0.2) is 5.69 Å². The molecule has 26 heavy (non-hydrogen) atoms. The van der Waals surface area contributed by atoms with Crippen LogP contribution in [0.3, 0.4) is 0 Å². The molecule has 1 amide bonds. The van der Waals surface area contributed by atoms with Crippen LogP contribution in [-0.2, 0) is 13.1 Å². The highest BCUT2D eigenvalue weighted by Gasteiger charge is 2.09. The Kier molecular flexibility index (Phi) is 5.53. The van der Waals surface area contributed by atoms with Crippen LogP contribution in [0.15, 0.2) is 60.7 Å². The number of hydrogen-bond donors (Lipinski definition) is 2. The fourth-order valence-corrected chi connectivity index (χ4v) is 2.47. The molecule has 1 heterocycles. The third kappa shape index (κ3) is 4.63. The molecule has 2 N–H and O–H groups in total. The fraction of sp³-hybridized carbons (Fsp3) is 0.150. The largest absolute Gasteiger partial charge is 0.365 e. The zero-order chi connectivity index (χ0) is 18.4. The summed E-state index contributed by atoms with van der Waals surface area (Å²) in [6.45, 7) is 2.76. The third-order valence-electron chi connectivity index (χ3n) is 3.85. The van der Waals surface area contributed by atoms with Gasteiger partial charge >= 0.3 is 0 Å². The summed E-state index contributed by atoms with van der Waals surface area (Å²) in [6, 6.07) is 17.7. The molecular weight excluding hydrogens is 331 g/mol. The van der Waals surface area contributed by atoms with E-state index in [1.807, 2.05) is 25.1 Å². The number of carbonyl (C=O) groups excluding carboxylic acids is 1. The van der Waals surface area contributed by atoms with E-state index in [9.17, 15) is 9.18 Å². The van der Waals surface area contributed by atoms with Gasteiger partial charge in [0.05, 0.1) is 0 Å². The predicted molar refractivity (Wildman–Crippen MR) is 98.1 cm³/mol. The molecule has 0 radical (unpaired) electrons. The Morgan fingerprint density at radius 1 is 1.00 bits per heavy atom. The number of aryl methyl sites for hydroxylation is 1. The quantitative estimate of drug-likeness (QED) is 0.714. The molecule has 3 rings (SSSR count). The van der Waals surface area contributed by atoms with E-state index < -0.39 is 5.91 Å². The Bertz CT molecular complexity index is 896. The van der Waals surface area contributed by atoms with Gasteiger partial charge in [-0.25, -0.2) is 4.39 Å². The van der Waals surface area contributed by atoms with E-state index in [2.05, 4.69) is 26.9 Å². The van der Waals surface area contributed by atoms with E-state index in [0.717, 1.165) is 5.56 Å². The summed E-state index contributed by atoms with van der Waals surface area (Å²) in [7, 11) is 0. The highest BCUT2D eigenvalue weighted by atomic mass is 19.1. The van der Waals surface area contributed by atoms with Crippen molar-refractivity contribution in [1.82, 2.24) is 15.5 Å². The number of rotatable bonds is 6. The summed E-state index contributed by atoms with van der Waals surface area (Å²) in [5.74, 6) is -0.169. The van der Waals surface area contributed by atoms with Crippen molar-refractivity contribution < 1.29 is 9.18 Å². The number of nitrogens with one attached hydrogen (secondary N) is 2. The molecule has 0 saturated heterocycles. The molecule has 0 aliphatic heterocycles. The maximum atomic E-state index is 13.6. The minimum atomic E-state index is -0.397. The van der Waals surface area contributed by atoms with Crippen LogP contribution in [0.2, 0.25) is 0 Å². The molecule has 0 atom stereocenters. The van der Waals surface area contributed by atoms with Gasteiger partial charge in [-0.05, 0) is 30.7 Å². The van der Waals surface area contributed by atoms with Gasteiger partial charge < -0.3 is 10.6 Å². The van der Waals surface area contributed by atoms with Crippen molar-refractivity contribution in [3.63, 3.8) is 0 Å². The lowest BCUT2D eigenvalue weighted by Crippen LogP contribution is -2.24. The van der Waals surface area contributed by atoms with Crippen LogP contribution in [0.5, 0.6) is 0 Å². The van der Waals surface area contributed by atoms with Crippen LogP contribution in [0.4, 0.5) is 10.2 Å². The maximum Gasteiger partial charge on any atom is 0.272 e. The highest BCUT2D eigenvalue weighted by molar-refractivity contribution is 5.92. The number of nitrogens with zero attached hydrogens (tertiary/aromatic N) is 2. The van der Waals surface area contributed by atoms with Gasteiger partial charge in [-0.2, -0.15) is 0 Å². The monoisotopic (exact) mass is 350 g/mol. The minimum Gasteiger partial charge on any atom is -0.365 e. The molecule has 0 saturated carbocycles. The van der Waals surface area contributed by atoms with E-state index in [4.69, 9.17) is 0 Å². The van der Waals surface area contributed by atoms with E-state index in [-0.39, 0.29) is 18.1 Å². The highest BCUT2D eigenvalue weighted by Crippen LogP contribution is 2.09. The number of anilines is 1. The lowest BCUT2D eigenvalue weighted by molar-refractivity contribution is 0.0944. The molecule has 0 aliphatic rings. The molecule has 0 fully saturated rings. The van der Waals surface area contributed by atoms with Crippen LogP contribution >= 0.6 is 0 Å². The number of carbonyl (C=O) groups is 1. The van der Waals surface area contributed by atoms with Gasteiger partial charge in [0, 0.05) is 18.7 Å². The molecule has 0 spiro atoms. The lowest BCUT2D eigenvalue weighted by atomic mass is 10.1.